The van der Waals surface area contributed by atoms with Crippen LogP contribution in [0.4, 0.5) is 0 Å². The van der Waals surface area contributed by atoms with Crippen molar-refractivity contribution in [3.63, 3.8) is 0 Å². The first kappa shape index (κ1) is 12.5. The molecule has 0 aliphatic carbocycles. The van der Waals surface area contributed by atoms with Gasteiger partial charge in [0.2, 0.25) is 0 Å². The fourth-order valence-electron chi connectivity index (χ4n) is 2.33. The molecule has 0 aliphatic heterocycles. The van der Waals surface area contributed by atoms with Gasteiger partial charge in [-0.3, -0.25) is 0 Å². The summed E-state index contributed by atoms with van der Waals surface area (Å²) in [5, 5.41) is 9.13. The summed E-state index contributed by atoms with van der Waals surface area (Å²) >= 11 is 1.76. The molecule has 1 N–H and O–H groups in total. The first-order valence-corrected chi connectivity index (χ1v) is 7.39. The zero-order chi connectivity index (χ0) is 13.2. The number of benzene rings is 1. The van der Waals surface area contributed by atoms with Crippen molar-refractivity contribution in [3.8, 4) is 0 Å². The minimum absolute atomic E-state index is 0.845. The van der Waals surface area contributed by atoms with Crippen LogP contribution in [-0.4, -0.2) is 0 Å². The molecule has 2 heterocycles. The number of aryl methyl sites for hydroxylation is 2. The summed E-state index contributed by atoms with van der Waals surface area (Å²) in [5.74, 6) is 1.01. The average Bonchev–Trinajstić information content (AvgIpc) is 2.94. The average molecular weight is 271 g/mol. The van der Waals surface area contributed by atoms with E-state index < -0.39 is 0 Å². The number of thiophene rings is 1. The summed E-state index contributed by atoms with van der Waals surface area (Å²) in [7, 11) is 0. The Hall–Kier alpha value is -1.58. The highest BCUT2D eigenvalue weighted by atomic mass is 32.1. The lowest BCUT2D eigenvalue weighted by molar-refractivity contribution is 0.565. The van der Waals surface area contributed by atoms with Crippen molar-refractivity contribution in [2.24, 2.45) is 0 Å². The van der Waals surface area contributed by atoms with Crippen LogP contribution in [0.5, 0.6) is 0 Å². The van der Waals surface area contributed by atoms with Crippen molar-refractivity contribution in [1.29, 1.82) is 0 Å². The van der Waals surface area contributed by atoms with Crippen molar-refractivity contribution in [2.45, 2.75) is 26.9 Å². The molecule has 1 aromatic carbocycles. The molecule has 19 heavy (non-hydrogen) atoms. The molecule has 2 nitrogen and oxygen atoms in total. The number of rotatable bonds is 4. The maximum absolute atomic E-state index is 5.77. The smallest absolute Gasteiger partial charge is 0.134 e. The van der Waals surface area contributed by atoms with E-state index in [1.54, 1.807) is 11.3 Å². The van der Waals surface area contributed by atoms with Crippen molar-refractivity contribution in [1.82, 2.24) is 5.32 Å². The molecule has 0 saturated carbocycles. The predicted molar refractivity (Wildman–Crippen MR) is 80.6 cm³/mol. The molecule has 0 spiro atoms. The van der Waals surface area contributed by atoms with Crippen molar-refractivity contribution in [2.75, 3.05) is 0 Å². The molecule has 3 rings (SSSR count). The van der Waals surface area contributed by atoms with Gasteiger partial charge < -0.3 is 9.73 Å². The number of hydrogen-bond acceptors (Lipinski definition) is 3. The fourth-order valence-corrected chi connectivity index (χ4v) is 3.19. The van der Waals surface area contributed by atoms with Crippen LogP contribution in [0.25, 0.3) is 11.0 Å². The van der Waals surface area contributed by atoms with Gasteiger partial charge in [0.1, 0.15) is 11.3 Å². The molecule has 2 aromatic heterocycles. The van der Waals surface area contributed by atoms with Crippen LogP contribution in [-0.2, 0) is 13.1 Å². The van der Waals surface area contributed by atoms with E-state index in [2.05, 4.69) is 35.1 Å². The minimum Gasteiger partial charge on any atom is -0.461 e. The Labute approximate surface area is 117 Å². The van der Waals surface area contributed by atoms with Crippen LogP contribution < -0.4 is 5.32 Å². The van der Waals surface area contributed by atoms with E-state index in [-0.39, 0.29) is 0 Å². The summed E-state index contributed by atoms with van der Waals surface area (Å²) in [4.78, 5) is 0. The summed E-state index contributed by atoms with van der Waals surface area (Å²) in [6.45, 7) is 5.95. The van der Waals surface area contributed by atoms with Gasteiger partial charge in [-0.25, -0.2) is 0 Å². The molecule has 98 valence electrons. The van der Waals surface area contributed by atoms with Crippen LogP contribution >= 0.6 is 11.3 Å². The first-order chi connectivity index (χ1) is 9.25. The molecule has 0 saturated heterocycles. The summed E-state index contributed by atoms with van der Waals surface area (Å²) in [6.07, 6.45) is 0. The number of para-hydroxylation sites is 1. The Bertz CT molecular complexity index is 696. The van der Waals surface area contributed by atoms with E-state index in [1.807, 2.05) is 19.1 Å². The molecule has 3 heteroatoms. The van der Waals surface area contributed by atoms with Gasteiger partial charge in [-0.2, -0.15) is 11.3 Å². The fraction of sp³-hybridized carbons (Fsp3) is 0.250. The van der Waals surface area contributed by atoms with Crippen LogP contribution in [0.1, 0.15) is 22.5 Å². The number of hydrogen-bond donors (Lipinski definition) is 1. The summed E-state index contributed by atoms with van der Waals surface area (Å²) in [5.41, 5.74) is 4.99. The molecule has 0 amide bonds. The third-order valence-electron chi connectivity index (χ3n) is 3.48. The Balaban J connectivity index is 1.75. The third kappa shape index (κ3) is 2.44. The van der Waals surface area contributed by atoms with E-state index in [4.69, 9.17) is 4.42 Å². The Kier molecular flexibility index (Phi) is 3.40. The monoisotopic (exact) mass is 271 g/mol. The van der Waals surface area contributed by atoms with E-state index in [0.717, 1.165) is 24.4 Å². The molecular weight excluding hydrogens is 254 g/mol. The lowest BCUT2D eigenvalue weighted by Crippen LogP contribution is -2.13. The van der Waals surface area contributed by atoms with Gasteiger partial charge in [-0.1, -0.05) is 18.2 Å². The van der Waals surface area contributed by atoms with Crippen LogP contribution in [0.15, 0.2) is 39.4 Å². The standard InChI is InChI=1S/C16H17NOS/c1-11-9-19-10-13(11)7-17-8-15-12(2)18-16-6-4-3-5-14(15)16/h3-6,9-10,17H,7-8H2,1-2H3. The van der Waals surface area contributed by atoms with Crippen molar-refractivity contribution in [3.05, 3.63) is 57.5 Å². The topological polar surface area (TPSA) is 25.2 Å². The SMILES string of the molecule is Cc1cscc1CNCc1c(C)oc2ccccc12. The largest absolute Gasteiger partial charge is 0.461 e. The normalized spacial score (nSPS) is 11.3. The van der Waals surface area contributed by atoms with Gasteiger partial charge in [0, 0.05) is 24.0 Å². The van der Waals surface area contributed by atoms with Gasteiger partial charge in [0.05, 0.1) is 0 Å². The maximum Gasteiger partial charge on any atom is 0.134 e. The number of fused-ring (bicyclic) bond motifs is 1. The van der Waals surface area contributed by atoms with Gasteiger partial charge in [-0.05, 0) is 41.8 Å². The minimum atomic E-state index is 0.845. The lowest BCUT2D eigenvalue weighted by Gasteiger charge is -2.04. The second kappa shape index (κ2) is 5.19. The molecule has 3 aromatic rings. The van der Waals surface area contributed by atoms with Crippen molar-refractivity contribution >= 4 is 22.3 Å². The quantitative estimate of drug-likeness (QED) is 0.760. The molecule has 0 unspecified atom stereocenters. The highest BCUT2D eigenvalue weighted by Gasteiger charge is 2.09. The number of furan rings is 1. The second-order valence-corrected chi connectivity index (χ2v) is 5.56. The Morgan fingerprint density at radius 2 is 1.95 bits per heavy atom. The molecular formula is C16H17NOS. The zero-order valence-corrected chi connectivity index (χ0v) is 12.0. The predicted octanol–water partition coefficient (Wildman–Crippen LogP) is 4.40. The van der Waals surface area contributed by atoms with Crippen LogP contribution in [0.3, 0.4) is 0 Å². The molecule has 0 bridgehead atoms. The third-order valence-corrected chi connectivity index (χ3v) is 4.39. The molecule has 0 radical (unpaired) electrons. The van der Waals surface area contributed by atoms with Crippen LogP contribution in [0.2, 0.25) is 0 Å². The van der Waals surface area contributed by atoms with Gasteiger partial charge in [0.25, 0.3) is 0 Å². The van der Waals surface area contributed by atoms with Gasteiger partial charge >= 0.3 is 0 Å². The Morgan fingerprint density at radius 3 is 2.74 bits per heavy atom. The molecule has 0 atom stereocenters. The number of nitrogens with one attached hydrogen (secondary N) is 1. The summed E-state index contributed by atoms with van der Waals surface area (Å²) in [6, 6.07) is 8.22. The van der Waals surface area contributed by atoms with E-state index >= 15 is 0 Å². The molecule has 0 aliphatic rings. The highest BCUT2D eigenvalue weighted by molar-refractivity contribution is 7.08. The van der Waals surface area contributed by atoms with Crippen molar-refractivity contribution < 1.29 is 4.42 Å². The zero-order valence-electron chi connectivity index (χ0n) is 11.2. The lowest BCUT2D eigenvalue weighted by atomic mass is 10.1. The highest BCUT2D eigenvalue weighted by Crippen LogP contribution is 2.25. The first-order valence-electron chi connectivity index (χ1n) is 6.45. The van der Waals surface area contributed by atoms with E-state index in [9.17, 15) is 0 Å². The van der Waals surface area contributed by atoms with E-state index in [0.29, 0.717) is 0 Å². The Morgan fingerprint density at radius 1 is 1.11 bits per heavy atom. The van der Waals surface area contributed by atoms with E-state index in [1.165, 1.54) is 22.1 Å². The van der Waals surface area contributed by atoms with Gasteiger partial charge in [-0.15, -0.1) is 0 Å². The molecule has 0 fully saturated rings. The van der Waals surface area contributed by atoms with Gasteiger partial charge in [0.15, 0.2) is 0 Å². The summed E-state index contributed by atoms with van der Waals surface area (Å²) < 4.78 is 5.77. The maximum atomic E-state index is 5.77. The second-order valence-electron chi connectivity index (χ2n) is 4.82. The van der Waals surface area contributed by atoms with Crippen LogP contribution in [0, 0.1) is 13.8 Å².